The number of benzene rings is 1. The van der Waals surface area contributed by atoms with Gasteiger partial charge in [0, 0.05) is 11.1 Å². The summed E-state index contributed by atoms with van der Waals surface area (Å²) >= 11 is 0. The number of hydrogen-bond acceptors (Lipinski definition) is 3. The van der Waals surface area contributed by atoms with Crippen LogP contribution in [0.25, 0.3) is 0 Å². The summed E-state index contributed by atoms with van der Waals surface area (Å²) in [5.74, 6) is -7.19. The first-order chi connectivity index (χ1) is 12.0. The second-order valence-corrected chi connectivity index (χ2v) is 5.64. The van der Waals surface area contributed by atoms with Crippen LogP contribution in [0.3, 0.4) is 0 Å². The van der Waals surface area contributed by atoms with Crippen LogP contribution in [-0.4, -0.2) is 36.1 Å². The second-order valence-electron chi connectivity index (χ2n) is 5.64. The average Bonchev–Trinajstić information content (AvgIpc) is 2.78. The number of carbonyl (C=O) groups excluding carboxylic acids is 2. The molecule has 26 heavy (non-hydrogen) atoms. The van der Waals surface area contributed by atoms with E-state index < -0.39 is 71.2 Å². The summed E-state index contributed by atoms with van der Waals surface area (Å²) in [5, 5.41) is 0. The summed E-state index contributed by atoms with van der Waals surface area (Å²) in [4.78, 5) is 24.1. The molecule has 0 radical (unpaired) electrons. The molecule has 0 N–H and O–H groups in total. The minimum atomic E-state index is -4.89. The van der Waals surface area contributed by atoms with E-state index in [1.807, 2.05) is 0 Å². The van der Waals surface area contributed by atoms with Crippen LogP contribution in [0.5, 0.6) is 0 Å². The number of amides is 1. The van der Waals surface area contributed by atoms with E-state index in [2.05, 4.69) is 4.74 Å². The lowest BCUT2D eigenvalue weighted by Crippen LogP contribution is -2.38. The Bertz CT molecular complexity index is 747. The van der Waals surface area contributed by atoms with Gasteiger partial charge in [-0.25, -0.2) is 13.2 Å². The van der Waals surface area contributed by atoms with Gasteiger partial charge in [-0.15, -0.1) is 0 Å². The maximum absolute atomic E-state index is 14.7. The summed E-state index contributed by atoms with van der Waals surface area (Å²) < 4.78 is 86.0. The minimum Gasteiger partial charge on any atom is -0.466 e. The van der Waals surface area contributed by atoms with E-state index in [-0.39, 0.29) is 17.9 Å². The van der Waals surface area contributed by atoms with Crippen molar-refractivity contribution in [2.24, 2.45) is 0 Å². The zero-order chi connectivity index (χ0) is 19.8. The zero-order valence-electron chi connectivity index (χ0n) is 13.8. The number of alkyl halides is 3. The lowest BCUT2D eigenvalue weighted by atomic mass is 9.96. The van der Waals surface area contributed by atoms with Gasteiger partial charge in [-0.05, 0) is 13.3 Å². The number of ether oxygens (including phenoxy) is 1. The molecule has 0 fully saturated rings. The van der Waals surface area contributed by atoms with Gasteiger partial charge in [0.05, 0.1) is 24.6 Å². The third-order valence-electron chi connectivity index (χ3n) is 4.00. The monoisotopic (exact) mass is 383 g/mol. The molecule has 4 nitrogen and oxygen atoms in total. The molecule has 1 aliphatic rings. The first-order valence-electron chi connectivity index (χ1n) is 7.75. The molecule has 1 heterocycles. The van der Waals surface area contributed by atoms with Crippen molar-refractivity contribution in [2.75, 3.05) is 13.2 Å². The molecule has 1 amide bonds. The van der Waals surface area contributed by atoms with Crippen molar-refractivity contribution in [3.05, 3.63) is 34.1 Å². The van der Waals surface area contributed by atoms with E-state index in [9.17, 15) is 35.9 Å². The summed E-state index contributed by atoms with van der Waals surface area (Å²) in [5.41, 5.74) is -2.56. The SMILES string of the molecule is CCOC(=O)CC1c2c(F)c(CC)c(F)c(F)c2C(=O)N1CC(F)(F)F. The van der Waals surface area contributed by atoms with Crippen molar-refractivity contribution in [3.63, 3.8) is 0 Å². The number of nitrogens with zero attached hydrogens (tertiary/aromatic N) is 1. The summed E-state index contributed by atoms with van der Waals surface area (Å²) in [6, 6.07) is -1.74. The maximum Gasteiger partial charge on any atom is 0.406 e. The van der Waals surface area contributed by atoms with E-state index in [1.54, 1.807) is 0 Å². The number of esters is 1. The van der Waals surface area contributed by atoms with E-state index in [1.165, 1.54) is 13.8 Å². The van der Waals surface area contributed by atoms with Gasteiger partial charge in [-0.1, -0.05) is 6.92 Å². The molecule has 2 rings (SSSR count). The van der Waals surface area contributed by atoms with Gasteiger partial charge in [-0.3, -0.25) is 9.59 Å². The van der Waals surface area contributed by atoms with Gasteiger partial charge in [0.15, 0.2) is 11.6 Å². The van der Waals surface area contributed by atoms with Gasteiger partial charge >= 0.3 is 12.1 Å². The zero-order valence-corrected chi connectivity index (χ0v) is 13.8. The first kappa shape index (κ1) is 20.1. The molecule has 1 aromatic carbocycles. The van der Waals surface area contributed by atoms with Crippen LogP contribution in [0.15, 0.2) is 0 Å². The molecule has 10 heteroatoms. The van der Waals surface area contributed by atoms with E-state index in [4.69, 9.17) is 0 Å². The number of hydrogen-bond donors (Lipinski definition) is 0. The fraction of sp³-hybridized carbons (Fsp3) is 0.500. The normalized spacial score (nSPS) is 16.8. The first-order valence-corrected chi connectivity index (χ1v) is 7.75. The van der Waals surface area contributed by atoms with Gasteiger partial charge in [0.1, 0.15) is 12.4 Å². The van der Waals surface area contributed by atoms with Crippen LogP contribution in [-0.2, 0) is 16.0 Å². The number of halogens is 6. The maximum atomic E-state index is 14.7. The quantitative estimate of drug-likeness (QED) is 0.443. The molecule has 1 atom stereocenters. The molecule has 1 aromatic rings. The smallest absolute Gasteiger partial charge is 0.406 e. The summed E-state index contributed by atoms with van der Waals surface area (Å²) in [7, 11) is 0. The van der Waals surface area contributed by atoms with Crippen LogP contribution < -0.4 is 0 Å². The van der Waals surface area contributed by atoms with Crippen molar-refractivity contribution in [1.82, 2.24) is 4.90 Å². The van der Waals surface area contributed by atoms with Gasteiger partial charge < -0.3 is 9.64 Å². The standard InChI is InChI=1S/C16H15F6NO3/c1-3-7-12(17)10-8(5-9(24)26-4-2)23(6-16(20,21)22)15(25)11(10)14(19)13(7)18/h8H,3-6H2,1-2H3. The molecule has 144 valence electrons. The number of rotatable bonds is 5. The molecule has 0 aliphatic carbocycles. The van der Waals surface area contributed by atoms with Crippen molar-refractivity contribution < 1.29 is 40.7 Å². The Balaban J connectivity index is 2.64. The fourth-order valence-electron chi connectivity index (χ4n) is 2.97. The van der Waals surface area contributed by atoms with E-state index in [0.717, 1.165) is 0 Å². The molecule has 0 spiro atoms. The summed E-state index contributed by atoms with van der Waals surface area (Å²) in [6.07, 6.45) is -5.99. The van der Waals surface area contributed by atoms with Crippen LogP contribution in [0.4, 0.5) is 26.3 Å². The van der Waals surface area contributed by atoms with Gasteiger partial charge in [0.2, 0.25) is 0 Å². The Kier molecular flexibility index (Phi) is 5.52. The molecule has 0 saturated heterocycles. The molecular weight excluding hydrogens is 368 g/mol. The van der Waals surface area contributed by atoms with Gasteiger partial charge in [-0.2, -0.15) is 13.2 Å². The lowest BCUT2D eigenvalue weighted by molar-refractivity contribution is -0.152. The average molecular weight is 383 g/mol. The predicted molar refractivity (Wildman–Crippen MR) is 76.8 cm³/mol. The molecule has 0 aromatic heterocycles. The van der Waals surface area contributed by atoms with Gasteiger partial charge in [0.25, 0.3) is 5.91 Å². The fourth-order valence-corrected chi connectivity index (χ4v) is 2.97. The Labute approximate surface area is 144 Å². The number of carbonyl (C=O) groups is 2. The van der Waals surface area contributed by atoms with Crippen molar-refractivity contribution in [1.29, 1.82) is 0 Å². The highest BCUT2D eigenvalue weighted by molar-refractivity contribution is 6.00. The predicted octanol–water partition coefficient (Wildman–Crippen LogP) is 3.68. The molecular formula is C16H15F6NO3. The Morgan fingerprint density at radius 3 is 2.23 bits per heavy atom. The highest BCUT2D eigenvalue weighted by atomic mass is 19.4. The molecule has 0 bridgehead atoms. The topological polar surface area (TPSA) is 46.6 Å². The Morgan fingerprint density at radius 2 is 1.73 bits per heavy atom. The largest absolute Gasteiger partial charge is 0.466 e. The van der Waals surface area contributed by atoms with Crippen LogP contribution >= 0.6 is 0 Å². The lowest BCUT2D eigenvalue weighted by Gasteiger charge is -2.26. The van der Waals surface area contributed by atoms with Crippen molar-refractivity contribution >= 4 is 11.9 Å². The van der Waals surface area contributed by atoms with Crippen LogP contribution in [0.2, 0.25) is 0 Å². The minimum absolute atomic E-state index is 0.0912. The van der Waals surface area contributed by atoms with E-state index >= 15 is 0 Å². The molecule has 0 saturated carbocycles. The highest BCUT2D eigenvalue weighted by Crippen LogP contribution is 2.42. The Morgan fingerprint density at radius 1 is 1.12 bits per heavy atom. The third kappa shape index (κ3) is 3.49. The number of fused-ring (bicyclic) bond motifs is 1. The van der Waals surface area contributed by atoms with Crippen LogP contribution in [0, 0.1) is 17.5 Å². The molecule has 1 aliphatic heterocycles. The Hall–Kier alpha value is -2.26. The highest BCUT2D eigenvalue weighted by Gasteiger charge is 2.48. The van der Waals surface area contributed by atoms with Crippen molar-refractivity contribution in [3.8, 4) is 0 Å². The van der Waals surface area contributed by atoms with Crippen molar-refractivity contribution in [2.45, 2.75) is 38.9 Å². The third-order valence-corrected chi connectivity index (χ3v) is 4.00. The summed E-state index contributed by atoms with van der Waals surface area (Å²) in [6.45, 7) is 0.834. The van der Waals surface area contributed by atoms with Crippen LogP contribution in [0.1, 0.15) is 47.8 Å². The molecule has 1 unspecified atom stereocenters. The van der Waals surface area contributed by atoms with E-state index in [0.29, 0.717) is 0 Å². The second kappa shape index (κ2) is 7.16.